The van der Waals surface area contributed by atoms with Gasteiger partial charge in [-0.1, -0.05) is 42.7 Å². The standard InChI is InChI=1S/C25H30ClN5O4S/c1-3-31(4-2)36(33,34)20-11-9-19(10-12-20)27-25(32)18-13-15-30(16-14-18)17-23-28-24(29-35-23)21-7-5-6-8-22(21)26/h5-12,18H,3-4,13-17H2,1-2H3,(H,27,32). The summed E-state index contributed by atoms with van der Waals surface area (Å²) >= 11 is 6.22. The number of likely N-dealkylation sites (tertiary alicyclic amines) is 1. The van der Waals surface area contributed by atoms with Crippen molar-refractivity contribution >= 4 is 33.2 Å². The Morgan fingerprint density at radius 2 is 1.78 bits per heavy atom. The van der Waals surface area contributed by atoms with Crippen molar-refractivity contribution in [3.63, 3.8) is 0 Å². The van der Waals surface area contributed by atoms with Gasteiger partial charge in [0.1, 0.15) is 0 Å². The van der Waals surface area contributed by atoms with Crippen molar-refractivity contribution in [2.45, 2.75) is 38.1 Å². The fourth-order valence-corrected chi connectivity index (χ4v) is 5.96. The summed E-state index contributed by atoms with van der Waals surface area (Å²) < 4.78 is 32.1. The largest absolute Gasteiger partial charge is 0.338 e. The number of piperidine rings is 1. The van der Waals surface area contributed by atoms with Gasteiger partial charge in [-0.25, -0.2) is 8.42 Å². The van der Waals surface area contributed by atoms with Crippen molar-refractivity contribution in [1.82, 2.24) is 19.3 Å². The van der Waals surface area contributed by atoms with Gasteiger partial charge in [-0.05, 0) is 62.3 Å². The number of halogens is 1. The number of aromatic nitrogens is 2. The van der Waals surface area contributed by atoms with Crippen LogP contribution in [0.5, 0.6) is 0 Å². The Bertz CT molecular complexity index is 1280. The average molecular weight is 532 g/mol. The first-order valence-electron chi connectivity index (χ1n) is 12.0. The Hall–Kier alpha value is -2.79. The van der Waals surface area contributed by atoms with Gasteiger partial charge in [-0.3, -0.25) is 9.69 Å². The summed E-state index contributed by atoms with van der Waals surface area (Å²) in [6, 6.07) is 13.7. The number of hydrogen-bond donors (Lipinski definition) is 1. The summed E-state index contributed by atoms with van der Waals surface area (Å²) in [4.78, 5) is 19.7. The van der Waals surface area contributed by atoms with Gasteiger partial charge >= 0.3 is 0 Å². The molecule has 1 aliphatic heterocycles. The van der Waals surface area contributed by atoms with Crippen molar-refractivity contribution in [2.75, 3.05) is 31.5 Å². The van der Waals surface area contributed by atoms with Gasteiger partial charge in [0.25, 0.3) is 0 Å². The Balaban J connectivity index is 1.28. The van der Waals surface area contributed by atoms with Crippen LogP contribution in [0.1, 0.15) is 32.6 Å². The van der Waals surface area contributed by atoms with Crippen molar-refractivity contribution < 1.29 is 17.7 Å². The van der Waals surface area contributed by atoms with Crippen molar-refractivity contribution in [1.29, 1.82) is 0 Å². The Morgan fingerprint density at radius 3 is 2.42 bits per heavy atom. The zero-order chi connectivity index (χ0) is 25.7. The quantitative estimate of drug-likeness (QED) is 0.439. The molecule has 192 valence electrons. The smallest absolute Gasteiger partial charge is 0.243 e. The van der Waals surface area contributed by atoms with Gasteiger partial charge in [0.05, 0.1) is 16.5 Å². The summed E-state index contributed by atoms with van der Waals surface area (Å²) in [6.45, 7) is 6.39. The number of carbonyl (C=O) groups excluding carboxylic acids is 1. The molecule has 0 unspecified atom stereocenters. The van der Waals surface area contributed by atoms with Gasteiger partial charge in [-0.15, -0.1) is 0 Å². The van der Waals surface area contributed by atoms with Crippen LogP contribution in [0.4, 0.5) is 5.69 Å². The van der Waals surface area contributed by atoms with E-state index in [4.69, 9.17) is 16.1 Å². The molecule has 1 amide bonds. The van der Waals surface area contributed by atoms with Crippen LogP contribution in [0.25, 0.3) is 11.4 Å². The average Bonchev–Trinajstić information content (AvgIpc) is 3.34. The van der Waals surface area contributed by atoms with Gasteiger partial charge in [-0.2, -0.15) is 9.29 Å². The number of nitrogens with zero attached hydrogens (tertiary/aromatic N) is 4. The molecule has 4 rings (SSSR count). The fraction of sp³-hybridized carbons (Fsp3) is 0.400. The van der Waals surface area contributed by atoms with E-state index < -0.39 is 10.0 Å². The first-order valence-corrected chi connectivity index (χ1v) is 13.8. The first kappa shape index (κ1) is 26.3. The third-order valence-corrected chi connectivity index (χ3v) is 8.76. The Labute approximate surface area is 216 Å². The number of hydrogen-bond acceptors (Lipinski definition) is 7. The molecule has 0 aliphatic carbocycles. The molecule has 11 heteroatoms. The predicted molar refractivity (Wildman–Crippen MR) is 138 cm³/mol. The maximum absolute atomic E-state index is 12.8. The SMILES string of the molecule is CCN(CC)S(=O)(=O)c1ccc(NC(=O)C2CCN(Cc3nc(-c4ccccc4Cl)no3)CC2)cc1. The van der Waals surface area contributed by atoms with Crippen LogP contribution >= 0.6 is 11.6 Å². The monoisotopic (exact) mass is 531 g/mol. The molecule has 2 aromatic carbocycles. The topological polar surface area (TPSA) is 109 Å². The lowest BCUT2D eigenvalue weighted by Crippen LogP contribution is -2.37. The molecule has 1 saturated heterocycles. The van der Waals surface area contributed by atoms with Crippen LogP contribution < -0.4 is 5.32 Å². The van der Waals surface area contributed by atoms with Crippen molar-refractivity contribution in [3.05, 3.63) is 59.4 Å². The second-order valence-corrected chi connectivity index (χ2v) is 11.0. The van der Waals surface area contributed by atoms with Gasteiger partial charge < -0.3 is 9.84 Å². The van der Waals surface area contributed by atoms with Gasteiger partial charge in [0, 0.05) is 30.3 Å². The fourth-order valence-electron chi connectivity index (χ4n) is 4.28. The number of sulfonamides is 1. The number of benzene rings is 2. The maximum atomic E-state index is 12.8. The first-order chi connectivity index (χ1) is 17.3. The summed E-state index contributed by atoms with van der Waals surface area (Å²) in [5.74, 6) is 0.780. The molecule has 1 aliphatic rings. The van der Waals surface area contributed by atoms with Crippen molar-refractivity contribution in [3.8, 4) is 11.4 Å². The van der Waals surface area contributed by atoms with E-state index in [2.05, 4.69) is 20.4 Å². The van der Waals surface area contributed by atoms with E-state index in [-0.39, 0.29) is 16.7 Å². The normalized spacial score (nSPS) is 15.3. The van der Waals surface area contributed by atoms with E-state index >= 15 is 0 Å². The lowest BCUT2D eigenvalue weighted by Gasteiger charge is -2.30. The summed E-state index contributed by atoms with van der Waals surface area (Å²) in [5.41, 5.74) is 1.31. The lowest BCUT2D eigenvalue weighted by molar-refractivity contribution is -0.121. The number of anilines is 1. The summed E-state index contributed by atoms with van der Waals surface area (Å²) in [5, 5.41) is 7.53. The molecule has 9 nitrogen and oxygen atoms in total. The van der Waals surface area contributed by atoms with E-state index in [1.54, 1.807) is 32.0 Å². The highest BCUT2D eigenvalue weighted by molar-refractivity contribution is 7.89. The highest BCUT2D eigenvalue weighted by atomic mass is 35.5. The zero-order valence-corrected chi connectivity index (χ0v) is 21.9. The summed E-state index contributed by atoms with van der Waals surface area (Å²) in [6.07, 6.45) is 1.40. The van der Waals surface area contributed by atoms with Gasteiger partial charge in [0.15, 0.2) is 0 Å². The molecular weight excluding hydrogens is 502 g/mol. The van der Waals surface area contributed by atoms with Crippen LogP contribution in [-0.2, 0) is 21.4 Å². The lowest BCUT2D eigenvalue weighted by atomic mass is 9.96. The second kappa shape index (κ2) is 11.5. The number of rotatable bonds is 9. The van der Waals surface area contributed by atoms with E-state index in [1.165, 1.54) is 16.4 Å². The zero-order valence-electron chi connectivity index (χ0n) is 20.4. The van der Waals surface area contributed by atoms with Crippen LogP contribution in [-0.4, -0.2) is 59.8 Å². The minimum absolute atomic E-state index is 0.0622. The minimum Gasteiger partial charge on any atom is -0.338 e. The number of amides is 1. The van der Waals surface area contributed by atoms with Crippen LogP contribution in [0.2, 0.25) is 5.02 Å². The molecule has 1 N–H and O–H groups in total. The van der Waals surface area contributed by atoms with E-state index in [1.807, 2.05) is 18.2 Å². The van der Waals surface area contributed by atoms with Crippen LogP contribution in [0.15, 0.2) is 57.9 Å². The summed E-state index contributed by atoms with van der Waals surface area (Å²) in [7, 11) is -3.52. The third-order valence-electron chi connectivity index (χ3n) is 6.37. The Morgan fingerprint density at radius 1 is 1.11 bits per heavy atom. The number of carbonyl (C=O) groups is 1. The minimum atomic E-state index is -3.52. The molecular formula is C25H30ClN5O4S. The molecule has 0 spiro atoms. The van der Waals surface area contributed by atoms with E-state index in [9.17, 15) is 13.2 Å². The molecule has 0 atom stereocenters. The second-order valence-electron chi connectivity index (χ2n) is 8.64. The molecule has 1 fully saturated rings. The highest BCUT2D eigenvalue weighted by Crippen LogP contribution is 2.26. The van der Waals surface area contributed by atoms with Gasteiger partial charge in [0.2, 0.25) is 27.6 Å². The predicted octanol–water partition coefficient (Wildman–Crippen LogP) is 4.27. The number of nitrogens with one attached hydrogen (secondary N) is 1. The van der Waals surface area contributed by atoms with Crippen LogP contribution in [0, 0.1) is 5.92 Å². The molecule has 3 aromatic rings. The van der Waals surface area contributed by atoms with E-state index in [0.29, 0.717) is 54.9 Å². The molecule has 36 heavy (non-hydrogen) atoms. The molecule has 1 aromatic heterocycles. The molecule has 2 heterocycles. The van der Waals surface area contributed by atoms with Crippen molar-refractivity contribution in [2.24, 2.45) is 5.92 Å². The molecule has 0 radical (unpaired) electrons. The highest BCUT2D eigenvalue weighted by Gasteiger charge is 2.27. The van der Waals surface area contributed by atoms with E-state index in [0.717, 1.165) is 18.7 Å². The Kier molecular flexibility index (Phi) is 8.40. The van der Waals surface area contributed by atoms with Crippen LogP contribution in [0.3, 0.4) is 0 Å². The third kappa shape index (κ3) is 5.95. The maximum Gasteiger partial charge on any atom is 0.243 e. The molecule has 0 bridgehead atoms. The molecule has 0 saturated carbocycles.